The minimum atomic E-state index is 0.944. The minimum absolute atomic E-state index is 0.944. The van der Waals surface area contributed by atoms with Gasteiger partial charge >= 0.3 is 0 Å². The first-order chi connectivity index (χ1) is 5.75. The number of hydrogen-bond donors (Lipinski definition) is 1. The summed E-state index contributed by atoms with van der Waals surface area (Å²) >= 11 is 0. The second-order valence-electron chi connectivity index (χ2n) is 2.60. The lowest BCUT2D eigenvalue weighted by molar-refractivity contribution is 1.35. The van der Waals surface area contributed by atoms with Crippen molar-refractivity contribution in [2.45, 2.75) is 6.92 Å². The highest BCUT2D eigenvalue weighted by Gasteiger charge is 1.98. The number of benzene rings is 1. The first-order valence-electron chi connectivity index (χ1n) is 3.72. The molecule has 1 aromatic carbocycles. The molecule has 1 N–H and O–H groups in total. The summed E-state index contributed by atoms with van der Waals surface area (Å²) in [7, 11) is 0. The van der Waals surface area contributed by atoms with Crippen LogP contribution in [0.3, 0.4) is 0 Å². The van der Waals surface area contributed by atoms with Crippen LogP contribution >= 0.6 is 0 Å². The lowest BCUT2D eigenvalue weighted by atomic mass is 10.1. The van der Waals surface area contributed by atoms with Crippen LogP contribution in [0, 0.1) is 0 Å². The molecule has 62 valence electrons. The van der Waals surface area contributed by atoms with Crippen molar-refractivity contribution in [3.63, 3.8) is 0 Å². The van der Waals surface area contributed by atoms with Crippen LogP contribution in [0.25, 0.3) is 5.57 Å². The summed E-state index contributed by atoms with van der Waals surface area (Å²) < 4.78 is 0. The maximum absolute atomic E-state index is 3.87. The van der Waals surface area contributed by atoms with Crippen molar-refractivity contribution in [1.29, 1.82) is 0 Å². The fourth-order valence-corrected chi connectivity index (χ4v) is 1.04. The van der Waals surface area contributed by atoms with E-state index in [-0.39, 0.29) is 0 Å². The molecule has 0 unspecified atom stereocenters. The van der Waals surface area contributed by atoms with E-state index in [2.05, 4.69) is 23.8 Å². The van der Waals surface area contributed by atoms with Crippen molar-refractivity contribution in [2.24, 2.45) is 5.10 Å². The molecule has 0 radical (unpaired) electrons. The summed E-state index contributed by atoms with van der Waals surface area (Å²) in [6.45, 7) is 9.19. The number of para-hydroxylation sites is 1. The van der Waals surface area contributed by atoms with Gasteiger partial charge in [-0.2, -0.15) is 5.10 Å². The second kappa shape index (κ2) is 3.72. The summed E-state index contributed by atoms with van der Waals surface area (Å²) in [6.07, 6.45) is 0. The van der Waals surface area contributed by atoms with E-state index in [0.717, 1.165) is 16.8 Å². The average molecular weight is 160 g/mol. The van der Waals surface area contributed by atoms with Crippen LogP contribution < -0.4 is 5.43 Å². The Morgan fingerprint density at radius 1 is 1.42 bits per heavy atom. The summed E-state index contributed by atoms with van der Waals surface area (Å²) in [5.41, 5.74) is 5.84. The monoisotopic (exact) mass is 160 g/mol. The molecule has 0 saturated heterocycles. The molecular weight excluding hydrogens is 148 g/mol. The van der Waals surface area contributed by atoms with E-state index in [1.54, 1.807) is 0 Å². The zero-order valence-electron chi connectivity index (χ0n) is 7.17. The van der Waals surface area contributed by atoms with Crippen LogP contribution in [0.1, 0.15) is 12.5 Å². The Kier molecular flexibility index (Phi) is 2.64. The van der Waals surface area contributed by atoms with Gasteiger partial charge in [-0.05, 0) is 18.6 Å². The van der Waals surface area contributed by atoms with Crippen molar-refractivity contribution >= 4 is 18.0 Å². The van der Waals surface area contributed by atoms with Crippen LogP contribution in [-0.4, -0.2) is 6.72 Å². The molecule has 1 rings (SSSR count). The Morgan fingerprint density at radius 2 is 2.08 bits per heavy atom. The number of allylic oxidation sites excluding steroid dienone is 1. The Hall–Kier alpha value is -1.57. The number of anilines is 1. The van der Waals surface area contributed by atoms with Crippen LogP contribution in [0.15, 0.2) is 35.9 Å². The van der Waals surface area contributed by atoms with Gasteiger partial charge in [0.2, 0.25) is 0 Å². The van der Waals surface area contributed by atoms with Gasteiger partial charge in [0.25, 0.3) is 0 Å². The SMILES string of the molecule is C=NNc1ccccc1C(=C)C. The van der Waals surface area contributed by atoms with Gasteiger partial charge in [0.05, 0.1) is 5.69 Å². The van der Waals surface area contributed by atoms with Crippen molar-refractivity contribution in [2.75, 3.05) is 5.43 Å². The summed E-state index contributed by atoms with van der Waals surface area (Å²) in [6, 6.07) is 7.85. The smallest absolute Gasteiger partial charge is 0.0636 e. The Morgan fingerprint density at radius 3 is 2.67 bits per heavy atom. The molecule has 0 aliphatic heterocycles. The molecule has 0 amide bonds. The maximum atomic E-state index is 3.87. The second-order valence-corrected chi connectivity index (χ2v) is 2.60. The fraction of sp³-hybridized carbons (Fsp3) is 0.100. The molecule has 0 heterocycles. The maximum Gasteiger partial charge on any atom is 0.0636 e. The molecule has 2 heteroatoms. The molecule has 0 aliphatic rings. The molecule has 1 aromatic rings. The van der Waals surface area contributed by atoms with E-state index in [1.807, 2.05) is 31.2 Å². The third-order valence-corrected chi connectivity index (χ3v) is 1.59. The molecular formula is C10H12N2. The number of hydrogen-bond acceptors (Lipinski definition) is 2. The minimum Gasteiger partial charge on any atom is -0.278 e. The van der Waals surface area contributed by atoms with E-state index in [4.69, 9.17) is 0 Å². The predicted octanol–water partition coefficient (Wildman–Crippen LogP) is 2.75. The topological polar surface area (TPSA) is 24.4 Å². The van der Waals surface area contributed by atoms with Gasteiger partial charge in [-0.3, -0.25) is 5.43 Å². The van der Waals surface area contributed by atoms with Gasteiger partial charge in [0.15, 0.2) is 0 Å². The molecule has 0 aliphatic carbocycles. The van der Waals surface area contributed by atoms with Gasteiger partial charge in [-0.15, -0.1) is 0 Å². The van der Waals surface area contributed by atoms with Crippen LogP contribution in [0.4, 0.5) is 5.69 Å². The predicted molar refractivity (Wildman–Crippen MR) is 54.3 cm³/mol. The molecule has 0 saturated carbocycles. The fourth-order valence-electron chi connectivity index (χ4n) is 1.04. The zero-order chi connectivity index (χ0) is 8.97. The quantitative estimate of drug-likeness (QED) is 0.533. The lowest BCUT2D eigenvalue weighted by Crippen LogP contribution is -1.91. The number of nitrogens with zero attached hydrogens (tertiary/aromatic N) is 1. The highest BCUT2D eigenvalue weighted by Crippen LogP contribution is 2.21. The molecule has 2 nitrogen and oxygen atoms in total. The van der Waals surface area contributed by atoms with Crippen molar-refractivity contribution in [3.05, 3.63) is 36.4 Å². The van der Waals surface area contributed by atoms with Crippen molar-refractivity contribution in [1.82, 2.24) is 0 Å². The normalized spacial score (nSPS) is 9.08. The summed E-state index contributed by atoms with van der Waals surface area (Å²) in [4.78, 5) is 0. The van der Waals surface area contributed by atoms with E-state index < -0.39 is 0 Å². The average Bonchev–Trinajstić information content (AvgIpc) is 2.05. The van der Waals surface area contributed by atoms with E-state index in [9.17, 15) is 0 Å². The van der Waals surface area contributed by atoms with Crippen molar-refractivity contribution < 1.29 is 0 Å². The molecule has 0 atom stereocenters. The van der Waals surface area contributed by atoms with E-state index in [1.165, 1.54) is 0 Å². The largest absolute Gasteiger partial charge is 0.278 e. The molecule has 0 fully saturated rings. The number of rotatable bonds is 3. The van der Waals surface area contributed by atoms with Gasteiger partial charge < -0.3 is 0 Å². The van der Waals surface area contributed by atoms with Crippen molar-refractivity contribution in [3.8, 4) is 0 Å². The van der Waals surface area contributed by atoms with Crippen LogP contribution in [-0.2, 0) is 0 Å². The lowest BCUT2D eigenvalue weighted by Gasteiger charge is -2.06. The standard InChI is InChI=1S/C10H12N2/c1-8(2)9-6-4-5-7-10(9)12-11-3/h4-7,12H,1,3H2,2H3. The molecule has 0 aromatic heterocycles. The van der Waals surface area contributed by atoms with Crippen LogP contribution in [0.5, 0.6) is 0 Å². The summed E-state index contributed by atoms with van der Waals surface area (Å²) in [5.74, 6) is 0. The Labute approximate surface area is 72.6 Å². The molecule has 0 bridgehead atoms. The van der Waals surface area contributed by atoms with Crippen LogP contribution in [0.2, 0.25) is 0 Å². The highest BCUT2D eigenvalue weighted by atomic mass is 15.3. The number of hydrazone groups is 1. The number of nitrogens with one attached hydrogen (secondary N) is 1. The highest BCUT2D eigenvalue weighted by molar-refractivity contribution is 5.73. The molecule has 12 heavy (non-hydrogen) atoms. The van der Waals surface area contributed by atoms with E-state index in [0.29, 0.717) is 0 Å². The van der Waals surface area contributed by atoms with Gasteiger partial charge in [-0.1, -0.05) is 24.8 Å². The van der Waals surface area contributed by atoms with Gasteiger partial charge in [0.1, 0.15) is 0 Å². The first kappa shape index (κ1) is 8.53. The first-order valence-corrected chi connectivity index (χ1v) is 3.72. The zero-order valence-corrected chi connectivity index (χ0v) is 7.17. The molecule has 0 spiro atoms. The van der Waals surface area contributed by atoms with Gasteiger partial charge in [0, 0.05) is 12.3 Å². The summed E-state index contributed by atoms with van der Waals surface area (Å²) in [5, 5.41) is 3.61. The van der Waals surface area contributed by atoms with E-state index >= 15 is 0 Å². The Balaban J connectivity index is 3.07. The Bertz CT molecular complexity index is 302. The third kappa shape index (κ3) is 1.72. The van der Waals surface area contributed by atoms with Gasteiger partial charge in [-0.25, -0.2) is 0 Å². The third-order valence-electron chi connectivity index (χ3n) is 1.59.